The zero-order chi connectivity index (χ0) is 8.81. The fraction of sp³-hybridized carbons (Fsp3) is 0.800. The summed E-state index contributed by atoms with van der Waals surface area (Å²) in [4.78, 5) is 0. The summed E-state index contributed by atoms with van der Waals surface area (Å²) in [5.74, 6) is 0. The van der Waals surface area contributed by atoms with Crippen LogP contribution in [-0.2, 0) is 4.74 Å². The maximum atomic E-state index is 8.50. The van der Waals surface area contributed by atoms with E-state index in [1.807, 2.05) is 6.08 Å². The Balaban J connectivity index is 2.00. The average Bonchev–Trinajstić information content (AvgIpc) is 2.01. The zero-order valence-corrected chi connectivity index (χ0v) is 7.70. The zero-order valence-electron chi connectivity index (χ0n) is 7.70. The minimum atomic E-state index is 0.124. The molecule has 0 aliphatic carbocycles. The van der Waals surface area contributed by atoms with Gasteiger partial charge in [0.05, 0.1) is 18.8 Å². The maximum absolute atomic E-state index is 8.50. The molecule has 2 unspecified atom stereocenters. The second-order valence-corrected chi connectivity index (χ2v) is 3.29. The molecule has 0 amide bonds. The van der Waals surface area contributed by atoms with E-state index in [2.05, 4.69) is 6.92 Å². The van der Waals surface area contributed by atoms with Gasteiger partial charge in [-0.05, 0) is 6.42 Å². The van der Waals surface area contributed by atoms with E-state index in [0.29, 0.717) is 6.10 Å². The quantitative estimate of drug-likeness (QED) is 0.638. The van der Waals surface area contributed by atoms with Gasteiger partial charge in [0.2, 0.25) is 0 Å². The Morgan fingerprint density at radius 1 is 1.58 bits per heavy atom. The largest absolute Gasteiger partial charge is 0.392 e. The van der Waals surface area contributed by atoms with Gasteiger partial charge in [-0.25, -0.2) is 0 Å². The predicted octanol–water partition coefficient (Wildman–Crippen LogP) is 1.88. The Kier molecular flexibility index (Phi) is 4.33. The first-order valence-corrected chi connectivity index (χ1v) is 4.79. The first-order valence-electron chi connectivity index (χ1n) is 4.79. The van der Waals surface area contributed by atoms with Gasteiger partial charge in [0.25, 0.3) is 0 Å². The third-order valence-corrected chi connectivity index (χ3v) is 2.20. The molecule has 2 atom stereocenters. The number of rotatable bonds is 5. The van der Waals surface area contributed by atoms with E-state index in [0.717, 1.165) is 6.42 Å². The third kappa shape index (κ3) is 2.95. The highest BCUT2D eigenvalue weighted by Crippen LogP contribution is 2.25. The molecule has 1 rings (SSSR count). The summed E-state index contributed by atoms with van der Waals surface area (Å²) in [6, 6.07) is 0. The fourth-order valence-corrected chi connectivity index (χ4v) is 1.45. The normalized spacial score (nSPS) is 29.2. The van der Waals surface area contributed by atoms with Crippen molar-refractivity contribution >= 4 is 0 Å². The van der Waals surface area contributed by atoms with Gasteiger partial charge in [0.1, 0.15) is 0 Å². The van der Waals surface area contributed by atoms with Gasteiger partial charge in [0, 0.05) is 6.42 Å². The molecule has 0 aromatic heterocycles. The summed E-state index contributed by atoms with van der Waals surface area (Å²) in [7, 11) is 0. The first-order chi connectivity index (χ1) is 5.86. The number of hydrogen-bond acceptors (Lipinski definition) is 2. The van der Waals surface area contributed by atoms with Crippen molar-refractivity contribution in [3.63, 3.8) is 0 Å². The molecule has 1 fully saturated rings. The summed E-state index contributed by atoms with van der Waals surface area (Å²) in [6.45, 7) is 2.32. The van der Waals surface area contributed by atoms with Crippen molar-refractivity contribution < 1.29 is 9.84 Å². The third-order valence-electron chi connectivity index (χ3n) is 2.20. The van der Waals surface area contributed by atoms with Crippen molar-refractivity contribution in [3.8, 4) is 0 Å². The second-order valence-electron chi connectivity index (χ2n) is 3.29. The van der Waals surface area contributed by atoms with E-state index in [1.54, 1.807) is 6.08 Å². The van der Waals surface area contributed by atoms with Gasteiger partial charge < -0.3 is 9.84 Å². The molecule has 0 radical (unpaired) electrons. The molecule has 0 aromatic rings. The van der Waals surface area contributed by atoms with E-state index in [1.165, 1.54) is 19.3 Å². The van der Waals surface area contributed by atoms with Crippen LogP contribution in [-0.4, -0.2) is 23.9 Å². The highest BCUT2D eigenvalue weighted by Gasteiger charge is 2.26. The van der Waals surface area contributed by atoms with Gasteiger partial charge in [-0.15, -0.1) is 0 Å². The molecule has 1 heterocycles. The minimum absolute atomic E-state index is 0.124. The lowest BCUT2D eigenvalue weighted by atomic mass is 9.99. The summed E-state index contributed by atoms with van der Waals surface area (Å²) < 4.78 is 5.55. The molecule has 0 spiro atoms. The lowest BCUT2D eigenvalue weighted by molar-refractivity contribution is -0.101. The van der Waals surface area contributed by atoms with Crippen molar-refractivity contribution in [1.29, 1.82) is 0 Å². The molecule has 2 heteroatoms. The Morgan fingerprint density at radius 3 is 2.92 bits per heavy atom. The van der Waals surface area contributed by atoms with Crippen LogP contribution in [0.1, 0.15) is 32.6 Å². The molecule has 1 saturated heterocycles. The van der Waals surface area contributed by atoms with Crippen LogP contribution < -0.4 is 0 Å². The standard InChI is InChI=1S/C10H18O2/c1-2-3-5-9-8-10(12-9)6-4-7-11/h4,6,9-11H,2-3,5,7-8H2,1H3. The van der Waals surface area contributed by atoms with Crippen molar-refractivity contribution in [3.05, 3.63) is 12.2 Å². The number of unbranched alkanes of at least 4 members (excludes halogenated alkanes) is 1. The van der Waals surface area contributed by atoms with Crippen LogP contribution in [0.4, 0.5) is 0 Å². The topological polar surface area (TPSA) is 29.5 Å². The Bertz CT molecular complexity index is 137. The Labute approximate surface area is 74.2 Å². The number of ether oxygens (including phenoxy) is 1. The van der Waals surface area contributed by atoms with E-state index in [4.69, 9.17) is 9.84 Å². The average molecular weight is 170 g/mol. The highest BCUT2D eigenvalue weighted by atomic mass is 16.5. The smallest absolute Gasteiger partial charge is 0.0785 e. The summed E-state index contributed by atoms with van der Waals surface area (Å²) in [6.07, 6.45) is 9.30. The van der Waals surface area contributed by atoms with E-state index in [-0.39, 0.29) is 12.7 Å². The molecular formula is C10H18O2. The van der Waals surface area contributed by atoms with Crippen LogP contribution >= 0.6 is 0 Å². The second kappa shape index (κ2) is 5.33. The van der Waals surface area contributed by atoms with Gasteiger partial charge in [-0.3, -0.25) is 0 Å². The number of aliphatic hydroxyl groups excluding tert-OH is 1. The number of hydrogen-bond donors (Lipinski definition) is 1. The van der Waals surface area contributed by atoms with Crippen LogP contribution in [0.25, 0.3) is 0 Å². The highest BCUT2D eigenvalue weighted by molar-refractivity contribution is 4.95. The fourth-order valence-electron chi connectivity index (χ4n) is 1.45. The minimum Gasteiger partial charge on any atom is -0.392 e. The van der Waals surface area contributed by atoms with Gasteiger partial charge in [0.15, 0.2) is 0 Å². The molecule has 2 nitrogen and oxygen atoms in total. The maximum Gasteiger partial charge on any atom is 0.0785 e. The van der Waals surface area contributed by atoms with Crippen LogP contribution in [0.2, 0.25) is 0 Å². The first kappa shape index (κ1) is 9.75. The van der Waals surface area contributed by atoms with Crippen molar-refractivity contribution in [1.82, 2.24) is 0 Å². The summed E-state index contributed by atoms with van der Waals surface area (Å²) in [5.41, 5.74) is 0. The molecule has 0 saturated carbocycles. The SMILES string of the molecule is CCCCC1CC(C=CCO)O1. The monoisotopic (exact) mass is 170 g/mol. The van der Waals surface area contributed by atoms with Gasteiger partial charge >= 0.3 is 0 Å². The van der Waals surface area contributed by atoms with E-state index < -0.39 is 0 Å². The summed E-state index contributed by atoms with van der Waals surface area (Å²) in [5, 5.41) is 8.50. The number of aliphatic hydroxyl groups is 1. The van der Waals surface area contributed by atoms with Crippen LogP contribution in [0.5, 0.6) is 0 Å². The van der Waals surface area contributed by atoms with Crippen LogP contribution in [0, 0.1) is 0 Å². The molecule has 1 N–H and O–H groups in total. The van der Waals surface area contributed by atoms with Gasteiger partial charge in [-0.2, -0.15) is 0 Å². The Hall–Kier alpha value is -0.340. The van der Waals surface area contributed by atoms with Crippen molar-refractivity contribution in [2.75, 3.05) is 6.61 Å². The van der Waals surface area contributed by atoms with Crippen molar-refractivity contribution in [2.45, 2.75) is 44.8 Å². The van der Waals surface area contributed by atoms with E-state index >= 15 is 0 Å². The van der Waals surface area contributed by atoms with Crippen molar-refractivity contribution in [2.24, 2.45) is 0 Å². The molecule has 1 aliphatic rings. The van der Waals surface area contributed by atoms with E-state index in [9.17, 15) is 0 Å². The molecule has 0 bridgehead atoms. The van der Waals surface area contributed by atoms with Gasteiger partial charge in [-0.1, -0.05) is 31.9 Å². The molecule has 12 heavy (non-hydrogen) atoms. The predicted molar refractivity (Wildman–Crippen MR) is 49.0 cm³/mol. The van der Waals surface area contributed by atoms with Crippen LogP contribution in [0.15, 0.2) is 12.2 Å². The molecule has 1 aliphatic heterocycles. The lowest BCUT2D eigenvalue weighted by Crippen LogP contribution is -2.35. The lowest BCUT2D eigenvalue weighted by Gasteiger charge is -2.34. The molecular weight excluding hydrogens is 152 g/mol. The summed E-state index contributed by atoms with van der Waals surface area (Å²) >= 11 is 0. The Morgan fingerprint density at radius 2 is 2.33 bits per heavy atom. The molecule has 70 valence electrons. The molecule has 0 aromatic carbocycles. The van der Waals surface area contributed by atoms with Crippen LogP contribution in [0.3, 0.4) is 0 Å².